The van der Waals surface area contributed by atoms with Crippen LogP contribution in [0.1, 0.15) is 5.56 Å². The predicted octanol–water partition coefficient (Wildman–Crippen LogP) is 2.23. The Morgan fingerprint density at radius 3 is 2.82 bits per heavy atom. The van der Waals surface area contributed by atoms with Gasteiger partial charge in [-0.05, 0) is 13.1 Å². The lowest BCUT2D eigenvalue weighted by Crippen LogP contribution is -2.29. The number of aromatic nitrogens is 1. The normalized spacial score (nSPS) is 10.5. The highest BCUT2D eigenvalue weighted by atomic mass is 32.1. The number of para-hydroxylation sites is 1. The number of hydrogen-bond donors (Lipinski definition) is 1. The van der Waals surface area contributed by atoms with Crippen molar-refractivity contribution in [2.24, 2.45) is 0 Å². The number of nitrogens with zero attached hydrogens (tertiary/aromatic N) is 2. The number of carbonyl (C=O) groups is 1. The molecule has 1 amide bonds. The number of carbonyl (C=O) groups excluding carboxylic acids is 1. The smallest absolute Gasteiger partial charge is 0.240 e. The first-order valence-electron chi connectivity index (χ1n) is 6.71. The van der Waals surface area contributed by atoms with E-state index in [-0.39, 0.29) is 12.5 Å². The number of rotatable bonds is 7. The predicted molar refractivity (Wildman–Crippen MR) is 86.6 cm³/mol. The number of likely N-dealkylation sites (N-methyl/N-ethyl adjacent to an activating group) is 1. The summed E-state index contributed by atoms with van der Waals surface area (Å²) in [5.74, 6) is 1.28. The largest absolute Gasteiger partial charge is 0.493 e. The quantitative estimate of drug-likeness (QED) is 0.847. The molecule has 0 fully saturated rings. The molecule has 1 N–H and O–H groups in total. The number of benzene rings is 1. The lowest BCUT2D eigenvalue weighted by atomic mass is 10.1. The molecule has 0 saturated carbocycles. The van der Waals surface area contributed by atoms with Gasteiger partial charge in [-0.15, -0.1) is 11.3 Å². The van der Waals surface area contributed by atoms with Crippen LogP contribution >= 0.6 is 11.3 Å². The Balaban J connectivity index is 1.97. The molecule has 1 heterocycles. The van der Waals surface area contributed by atoms with Gasteiger partial charge in [0.15, 0.2) is 16.6 Å². The maximum Gasteiger partial charge on any atom is 0.240 e. The van der Waals surface area contributed by atoms with Gasteiger partial charge in [-0.2, -0.15) is 0 Å². The van der Waals surface area contributed by atoms with Gasteiger partial charge in [0.05, 0.1) is 20.8 Å². The van der Waals surface area contributed by atoms with Crippen LogP contribution in [0.2, 0.25) is 0 Å². The maximum absolute atomic E-state index is 11.9. The molecule has 118 valence electrons. The second-order valence-corrected chi connectivity index (χ2v) is 5.60. The summed E-state index contributed by atoms with van der Waals surface area (Å²) in [6.07, 6.45) is 1.66. The van der Waals surface area contributed by atoms with Gasteiger partial charge in [-0.25, -0.2) is 4.98 Å². The minimum absolute atomic E-state index is 0.0979. The number of thiazole rings is 1. The van der Waals surface area contributed by atoms with E-state index in [2.05, 4.69) is 10.3 Å². The Labute approximate surface area is 133 Å². The third kappa shape index (κ3) is 4.19. The summed E-state index contributed by atoms with van der Waals surface area (Å²) in [6.45, 7) is 0.839. The van der Waals surface area contributed by atoms with Crippen LogP contribution in [0.4, 0.5) is 5.13 Å². The molecule has 1 aromatic heterocycles. The lowest BCUT2D eigenvalue weighted by Gasteiger charge is -2.18. The van der Waals surface area contributed by atoms with Crippen molar-refractivity contribution in [2.45, 2.75) is 6.54 Å². The highest BCUT2D eigenvalue weighted by Crippen LogP contribution is 2.31. The van der Waals surface area contributed by atoms with E-state index in [1.807, 2.05) is 35.5 Å². The van der Waals surface area contributed by atoms with Crippen LogP contribution in [0.25, 0.3) is 0 Å². The molecule has 0 radical (unpaired) electrons. The zero-order chi connectivity index (χ0) is 15.9. The monoisotopic (exact) mass is 321 g/mol. The average Bonchev–Trinajstić information content (AvgIpc) is 2.99. The molecule has 0 bridgehead atoms. The molecular formula is C15H19N3O3S. The third-order valence-electron chi connectivity index (χ3n) is 3.02. The molecular weight excluding hydrogens is 302 g/mol. The van der Waals surface area contributed by atoms with Crippen molar-refractivity contribution in [1.29, 1.82) is 0 Å². The van der Waals surface area contributed by atoms with Gasteiger partial charge in [-0.1, -0.05) is 12.1 Å². The molecule has 0 aliphatic rings. The Morgan fingerprint density at radius 2 is 2.18 bits per heavy atom. The van der Waals surface area contributed by atoms with Crippen LogP contribution in [-0.2, 0) is 11.3 Å². The first-order valence-corrected chi connectivity index (χ1v) is 7.59. The Bertz CT molecular complexity index is 617. The average molecular weight is 321 g/mol. The van der Waals surface area contributed by atoms with E-state index in [0.717, 1.165) is 5.56 Å². The molecule has 0 aliphatic carbocycles. The van der Waals surface area contributed by atoms with E-state index in [0.29, 0.717) is 23.2 Å². The zero-order valence-electron chi connectivity index (χ0n) is 12.8. The van der Waals surface area contributed by atoms with Gasteiger partial charge < -0.3 is 14.8 Å². The van der Waals surface area contributed by atoms with E-state index < -0.39 is 0 Å². The summed E-state index contributed by atoms with van der Waals surface area (Å²) in [4.78, 5) is 17.9. The van der Waals surface area contributed by atoms with Crippen molar-refractivity contribution in [3.05, 3.63) is 35.3 Å². The summed E-state index contributed by atoms with van der Waals surface area (Å²) in [5, 5.41) is 5.19. The molecule has 0 unspecified atom stereocenters. The summed E-state index contributed by atoms with van der Waals surface area (Å²) in [6, 6.07) is 5.70. The molecule has 1 aromatic carbocycles. The van der Waals surface area contributed by atoms with Crippen molar-refractivity contribution in [1.82, 2.24) is 9.88 Å². The summed E-state index contributed by atoms with van der Waals surface area (Å²) >= 11 is 1.40. The number of hydrogen-bond acceptors (Lipinski definition) is 6. The topological polar surface area (TPSA) is 63.7 Å². The van der Waals surface area contributed by atoms with E-state index in [4.69, 9.17) is 9.47 Å². The number of amides is 1. The summed E-state index contributed by atoms with van der Waals surface area (Å²) in [5.41, 5.74) is 0.964. The summed E-state index contributed by atoms with van der Waals surface area (Å²) < 4.78 is 10.7. The molecule has 2 rings (SSSR count). The van der Waals surface area contributed by atoms with Crippen molar-refractivity contribution in [3.8, 4) is 11.5 Å². The number of anilines is 1. The number of methoxy groups -OCH3 is 2. The molecule has 0 atom stereocenters. The van der Waals surface area contributed by atoms with Crippen molar-refractivity contribution >= 4 is 22.4 Å². The van der Waals surface area contributed by atoms with Crippen molar-refractivity contribution in [3.63, 3.8) is 0 Å². The maximum atomic E-state index is 11.9. The highest BCUT2D eigenvalue weighted by Gasteiger charge is 2.13. The second kappa shape index (κ2) is 7.77. The molecule has 7 heteroatoms. The fraction of sp³-hybridized carbons (Fsp3) is 0.333. The van der Waals surface area contributed by atoms with E-state index in [1.165, 1.54) is 11.3 Å². The fourth-order valence-electron chi connectivity index (χ4n) is 2.11. The number of ether oxygens (including phenoxy) is 2. The van der Waals surface area contributed by atoms with Gasteiger partial charge in [0.1, 0.15) is 0 Å². The first-order chi connectivity index (χ1) is 10.6. The van der Waals surface area contributed by atoms with Gasteiger partial charge in [-0.3, -0.25) is 9.69 Å². The Hall–Kier alpha value is -2.12. The second-order valence-electron chi connectivity index (χ2n) is 4.71. The minimum Gasteiger partial charge on any atom is -0.493 e. The van der Waals surface area contributed by atoms with Crippen LogP contribution in [0.15, 0.2) is 29.8 Å². The van der Waals surface area contributed by atoms with E-state index >= 15 is 0 Å². The van der Waals surface area contributed by atoms with Crippen molar-refractivity contribution in [2.75, 3.05) is 33.1 Å². The molecule has 22 heavy (non-hydrogen) atoms. The van der Waals surface area contributed by atoms with Crippen molar-refractivity contribution < 1.29 is 14.3 Å². The standard InChI is InChI=1S/C15H19N3O3S/c1-18(10-13(19)17-15-16-7-8-22-15)9-11-5-4-6-12(20-2)14(11)21-3/h4-8H,9-10H2,1-3H3,(H,16,17,19). The molecule has 6 nitrogen and oxygen atoms in total. The van der Waals surface area contributed by atoms with Crippen LogP contribution < -0.4 is 14.8 Å². The van der Waals surface area contributed by atoms with Crippen LogP contribution in [0.5, 0.6) is 11.5 Å². The molecule has 2 aromatic rings. The van der Waals surface area contributed by atoms with Crippen LogP contribution in [0, 0.1) is 0 Å². The minimum atomic E-state index is -0.0979. The number of nitrogens with one attached hydrogen (secondary N) is 1. The van der Waals surface area contributed by atoms with E-state index in [1.54, 1.807) is 20.4 Å². The fourth-order valence-corrected chi connectivity index (χ4v) is 2.66. The third-order valence-corrected chi connectivity index (χ3v) is 3.71. The molecule has 0 spiro atoms. The Morgan fingerprint density at radius 1 is 1.36 bits per heavy atom. The lowest BCUT2D eigenvalue weighted by molar-refractivity contribution is -0.117. The SMILES string of the molecule is COc1cccc(CN(C)CC(=O)Nc2nccs2)c1OC. The van der Waals surface area contributed by atoms with Gasteiger partial charge in [0.2, 0.25) is 5.91 Å². The Kier molecular flexibility index (Phi) is 5.74. The molecule has 0 saturated heterocycles. The van der Waals surface area contributed by atoms with Gasteiger partial charge in [0.25, 0.3) is 0 Å². The van der Waals surface area contributed by atoms with Crippen LogP contribution in [-0.4, -0.2) is 43.6 Å². The first kappa shape index (κ1) is 16.3. The van der Waals surface area contributed by atoms with E-state index in [9.17, 15) is 4.79 Å². The zero-order valence-corrected chi connectivity index (χ0v) is 13.6. The molecule has 0 aliphatic heterocycles. The highest BCUT2D eigenvalue weighted by molar-refractivity contribution is 7.13. The van der Waals surface area contributed by atoms with Crippen LogP contribution in [0.3, 0.4) is 0 Å². The van der Waals surface area contributed by atoms with Gasteiger partial charge >= 0.3 is 0 Å². The summed E-state index contributed by atoms with van der Waals surface area (Å²) in [7, 11) is 5.09. The van der Waals surface area contributed by atoms with Gasteiger partial charge in [0, 0.05) is 23.7 Å².